The molecule has 3 aromatic rings. The van der Waals surface area contributed by atoms with Gasteiger partial charge < -0.3 is 29.2 Å². The van der Waals surface area contributed by atoms with E-state index < -0.39 is 6.10 Å². The minimum atomic E-state index is -0.841. The van der Waals surface area contributed by atoms with Gasteiger partial charge in [-0.3, -0.25) is 9.59 Å². The van der Waals surface area contributed by atoms with Crippen LogP contribution in [0.5, 0.6) is 23.0 Å². The predicted molar refractivity (Wildman–Crippen MR) is 134 cm³/mol. The lowest BCUT2D eigenvalue weighted by Gasteiger charge is -2.30. The number of nitrogens with zero attached hydrogens (tertiary/aromatic N) is 1. The van der Waals surface area contributed by atoms with E-state index in [1.165, 1.54) is 4.90 Å². The molecule has 1 aliphatic heterocycles. The first-order chi connectivity index (χ1) is 17.6. The van der Waals surface area contributed by atoms with E-state index >= 15 is 0 Å². The molecular weight excluding hydrogens is 460 g/mol. The lowest BCUT2D eigenvalue weighted by Crippen LogP contribution is -2.50. The Morgan fingerprint density at radius 2 is 1.64 bits per heavy atom. The third-order valence-electron chi connectivity index (χ3n) is 5.88. The third-order valence-corrected chi connectivity index (χ3v) is 5.88. The number of hydrogen-bond donors (Lipinski definition) is 1. The quantitative estimate of drug-likeness (QED) is 0.470. The molecule has 0 aliphatic carbocycles. The summed E-state index contributed by atoms with van der Waals surface area (Å²) in [7, 11) is 3.16. The number of hydrogen-bond acceptors (Lipinski definition) is 6. The number of carbonyl (C=O) groups excluding carboxylic acids is 2. The number of carbonyl (C=O) groups is 2. The summed E-state index contributed by atoms with van der Waals surface area (Å²) >= 11 is 0. The van der Waals surface area contributed by atoms with Crippen molar-refractivity contribution in [3.05, 3.63) is 83.9 Å². The van der Waals surface area contributed by atoms with Crippen LogP contribution < -0.4 is 24.3 Å². The molecule has 3 aromatic carbocycles. The van der Waals surface area contributed by atoms with Crippen LogP contribution in [0.1, 0.15) is 11.1 Å². The van der Waals surface area contributed by atoms with Gasteiger partial charge in [-0.1, -0.05) is 48.5 Å². The fraction of sp³-hybridized carbons (Fsp3) is 0.286. The molecule has 0 aromatic heterocycles. The van der Waals surface area contributed by atoms with Crippen LogP contribution in [0.4, 0.5) is 0 Å². The zero-order valence-corrected chi connectivity index (χ0v) is 20.4. The third kappa shape index (κ3) is 6.27. The first-order valence-electron chi connectivity index (χ1n) is 11.8. The van der Waals surface area contributed by atoms with Crippen LogP contribution >= 0.6 is 0 Å². The standard InChI is InChI=1S/C28H30N2O6/c1-33-22-13-12-20(16-25(22)34-2)14-15-30(18-27(31)29-17-21-8-4-3-5-9-21)28(32)26-19-35-23-10-6-7-11-24(23)36-26/h3-13,16,26H,14-15,17-19H2,1-2H3,(H,29,31)/t26-/m1/s1. The van der Waals surface area contributed by atoms with E-state index in [0.717, 1.165) is 11.1 Å². The number of ether oxygens (including phenoxy) is 4. The SMILES string of the molecule is COc1ccc(CCN(CC(=O)NCc2ccccc2)C(=O)[C@H]2COc3ccccc3O2)cc1OC. The molecule has 8 nitrogen and oxygen atoms in total. The molecule has 0 spiro atoms. The molecule has 1 N–H and O–H groups in total. The van der Waals surface area contributed by atoms with Crippen molar-refractivity contribution in [3.8, 4) is 23.0 Å². The summed E-state index contributed by atoms with van der Waals surface area (Å²) in [5.74, 6) is 1.78. The first kappa shape index (κ1) is 24.9. The Balaban J connectivity index is 1.45. The summed E-state index contributed by atoms with van der Waals surface area (Å²) in [6.45, 7) is 0.678. The maximum absolute atomic E-state index is 13.5. The number of fused-ring (bicyclic) bond motifs is 1. The second kappa shape index (κ2) is 12.0. The highest BCUT2D eigenvalue weighted by Gasteiger charge is 2.32. The van der Waals surface area contributed by atoms with E-state index in [2.05, 4.69) is 5.32 Å². The van der Waals surface area contributed by atoms with E-state index in [1.807, 2.05) is 60.7 Å². The molecule has 0 unspecified atom stereocenters. The molecule has 0 fully saturated rings. The zero-order valence-electron chi connectivity index (χ0n) is 20.4. The van der Waals surface area contributed by atoms with Crippen molar-refractivity contribution in [2.75, 3.05) is 33.9 Å². The Kier molecular flexibility index (Phi) is 8.28. The normalized spacial score (nSPS) is 14.0. The van der Waals surface area contributed by atoms with E-state index in [1.54, 1.807) is 26.4 Å². The van der Waals surface area contributed by atoms with Gasteiger partial charge >= 0.3 is 0 Å². The van der Waals surface area contributed by atoms with Crippen molar-refractivity contribution in [1.82, 2.24) is 10.2 Å². The Labute approximate surface area is 210 Å². The van der Waals surface area contributed by atoms with Crippen LogP contribution in [-0.4, -0.2) is 56.7 Å². The molecule has 8 heteroatoms. The summed E-state index contributed by atoms with van der Waals surface area (Å²) in [4.78, 5) is 27.8. The summed E-state index contributed by atoms with van der Waals surface area (Å²) in [5.41, 5.74) is 1.93. The van der Waals surface area contributed by atoms with E-state index in [9.17, 15) is 9.59 Å². The van der Waals surface area contributed by atoms with Crippen LogP contribution in [0.3, 0.4) is 0 Å². The number of nitrogens with one attached hydrogen (secondary N) is 1. The largest absolute Gasteiger partial charge is 0.493 e. The molecule has 36 heavy (non-hydrogen) atoms. The number of amides is 2. The van der Waals surface area contributed by atoms with Gasteiger partial charge in [0.25, 0.3) is 5.91 Å². The minimum absolute atomic E-state index is 0.0777. The summed E-state index contributed by atoms with van der Waals surface area (Å²) in [6, 6.07) is 22.4. The van der Waals surface area contributed by atoms with Gasteiger partial charge in [-0.05, 0) is 41.8 Å². The molecule has 1 aliphatic rings. The van der Waals surface area contributed by atoms with Crippen molar-refractivity contribution in [2.24, 2.45) is 0 Å². The topological polar surface area (TPSA) is 86.3 Å². The Hall–Kier alpha value is -4.20. The summed E-state index contributed by atoms with van der Waals surface area (Å²) in [6.07, 6.45) is -0.324. The highest BCUT2D eigenvalue weighted by molar-refractivity contribution is 5.87. The second-order valence-electron chi connectivity index (χ2n) is 8.33. The van der Waals surface area contributed by atoms with Crippen molar-refractivity contribution < 1.29 is 28.5 Å². The fourth-order valence-electron chi connectivity index (χ4n) is 3.94. The monoisotopic (exact) mass is 490 g/mol. The highest BCUT2D eigenvalue weighted by Crippen LogP contribution is 2.31. The number of para-hydroxylation sites is 2. The Morgan fingerprint density at radius 1 is 0.917 bits per heavy atom. The average molecular weight is 491 g/mol. The molecule has 2 amide bonds. The van der Waals surface area contributed by atoms with E-state index in [4.69, 9.17) is 18.9 Å². The average Bonchev–Trinajstić information content (AvgIpc) is 2.93. The molecule has 4 rings (SSSR count). The van der Waals surface area contributed by atoms with Crippen LogP contribution in [0, 0.1) is 0 Å². The second-order valence-corrected chi connectivity index (χ2v) is 8.33. The van der Waals surface area contributed by atoms with E-state index in [0.29, 0.717) is 42.5 Å². The van der Waals surface area contributed by atoms with Crippen molar-refractivity contribution >= 4 is 11.8 Å². The lowest BCUT2D eigenvalue weighted by atomic mass is 10.1. The van der Waals surface area contributed by atoms with Crippen LogP contribution in [0.2, 0.25) is 0 Å². The molecule has 1 atom stereocenters. The highest BCUT2D eigenvalue weighted by atomic mass is 16.6. The zero-order chi connectivity index (χ0) is 25.3. The summed E-state index contributed by atoms with van der Waals surface area (Å²) < 4.78 is 22.4. The predicted octanol–water partition coefficient (Wildman–Crippen LogP) is 3.23. The molecule has 1 heterocycles. The van der Waals surface area contributed by atoms with Crippen LogP contribution in [0.15, 0.2) is 72.8 Å². The summed E-state index contributed by atoms with van der Waals surface area (Å²) in [5, 5.41) is 2.89. The molecule has 188 valence electrons. The van der Waals surface area contributed by atoms with Crippen molar-refractivity contribution in [3.63, 3.8) is 0 Å². The van der Waals surface area contributed by atoms with Gasteiger partial charge in [-0.25, -0.2) is 0 Å². The van der Waals surface area contributed by atoms with Crippen molar-refractivity contribution in [1.29, 1.82) is 0 Å². The number of rotatable bonds is 10. The number of benzene rings is 3. The smallest absolute Gasteiger partial charge is 0.267 e. The molecular formula is C28H30N2O6. The van der Waals surface area contributed by atoms with Gasteiger partial charge in [-0.15, -0.1) is 0 Å². The Morgan fingerprint density at radius 3 is 2.39 bits per heavy atom. The Bertz CT molecular complexity index is 1180. The van der Waals surface area contributed by atoms with Gasteiger partial charge in [0.15, 0.2) is 23.0 Å². The van der Waals surface area contributed by atoms with Gasteiger partial charge in [0, 0.05) is 13.1 Å². The van der Waals surface area contributed by atoms with E-state index in [-0.39, 0.29) is 25.0 Å². The molecule has 0 saturated heterocycles. The molecule has 0 bridgehead atoms. The first-order valence-corrected chi connectivity index (χ1v) is 11.8. The van der Waals surface area contributed by atoms with Gasteiger partial charge in [-0.2, -0.15) is 0 Å². The van der Waals surface area contributed by atoms with Gasteiger partial charge in [0.2, 0.25) is 12.0 Å². The van der Waals surface area contributed by atoms with Gasteiger partial charge in [0.05, 0.1) is 20.8 Å². The minimum Gasteiger partial charge on any atom is -0.493 e. The fourth-order valence-corrected chi connectivity index (χ4v) is 3.94. The van der Waals surface area contributed by atoms with Crippen LogP contribution in [0.25, 0.3) is 0 Å². The maximum atomic E-state index is 13.5. The maximum Gasteiger partial charge on any atom is 0.267 e. The van der Waals surface area contributed by atoms with Crippen LogP contribution in [-0.2, 0) is 22.6 Å². The van der Waals surface area contributed by atoms with Gasteiger partial charge in [0.1, 0.15) is 6.61 Å². The lowest BCUT2D eigenvalue weighted by molar-refractivity contribution is -0.144. The molecule has 0 saturated carbocycles. The number of methoxy groups -OCH3 is 2. The molecule has 0 radical (unpaired) electrons. The van der Waals surface area contributed by atoms with Crippen molar-refractivity contribution in [2.45, 2.75) is 19.1 Å².